The van der Waals surface area contributed by atoms with Crippen LogP contribution in [0.2, 0.25) is 0 Å². The Labute approximate surface area is 117 Å². The van der Waals surface area contributed by atoms with Gasteiger partial charge in [0.25, 0.3) is 5.91 Å². The summed E-state index contributed by atoms with van der Waals surface area (Å²) in [6, 6.07) is 3.41. The van der Waals surface area contributed by atoms with Crippen molar-refractivity contribution in [1.82, 2.24) is 15.5 Å². The number of hydrogen-bond acceptors (Lipinski definition) is 5. The molecule has 2 heterocycles. The Morgan fingerprint density at radius 1 is 1.40 bits per heavy atom. The zero-order chi connectivity index (χ0) is 14.5. The first kappa shape index (κ1) is 14.0. The Bertz CT molecular complexity index is 587. The van der Waals surface area contributed by atoms with E-state index in [1.165, 1.54) is 0 Å². The standard InChI is InChI=1S/C14H18N4O2/c1-4-15-13-7-11(5-6-16-13)14(19)17-8-12-9(2)18-20-10(12)3/h5-7H,4,8H2,1-3H3,(H,15,16)(H,17,19). The van der Waals surface area contributed by atoms with Crippen LogP contribution in [-0.4, -0.2) is 22.6 Å². The van der Waals surface area contributed by atoms with Crippen molar-refractivity contribution in [2.75, 3.05) is 11.9 Å². The number of carbonyl (C=O) groups excluding carboxylic acids is 1. The minimum absolute atomic E-state index is 0.147. The summed E-state index contributed by atoms with van der Waals surface area (Å²) in [5.74, 6) is 1.27. The van der Waals surface area contributed by atoms with Gasteiger partial charge in [0.2, 0.25) is 0 Å². The molecule has 0 fully saturated rings. The second kappa shape index (κ2) is 6.18. The van der Waals surface area contributed by atoms with Crippen LogP contribution in [-0.2, 0) is 6.54 Å². The molecule has 0 spiro atoms. The lowest BCUT2D eigenvalue weighted by molar-refractivity contribution is 0.0950. The molecule has 1 amide bonds. The normalized spacial score (nSPS) is 10.3. The second-order valence-electron chi connectivity index (χ2n) is 4.45. The Balaban J connectivity index is 2.03. The predicted octanol–water partition coefficient (Wildman–Crippen LogP) is 2.05. The fourth-order valence-corrected chi connectivity index (χ4v) is 1.87. The maximum Gasteiger partial charge on any atom is 0.251 e. The minimum Gasteiger partial charge on any atom is -0.370 e. The van der Waals surface area contributed by atoms with Crippen LogP contribution < -0.4 is 10.6 Å². The van der Waals surface area contributed by atoms with Gasteiger partial charge in [0, 0.05) is 30.4 Å². The molecule has 0 aliphatic rings. The molecule has 0 saturated heterocycles. The zero-order valence-corrected chi connectivity index (χ0v) is 11.9. The Kier molecular flexibility index (Phi) is 4.34. The van der Waals surface area contributed by atoms with Crippen LogP contribution in [0.5, 0.6) is 0 Å². The van der Waals surface area contributed by atoms with Crippen molar-refractivity contribution in [3.63, 3.8) is 0 Å². The summed E-state index contributed by atoms with van der Waals surface area (Å²) in [5, 5.41) is 9.79. The van der Waals surface area contributed by atoms with Crippen LogP contribution in [0.1, 0.15) is 34.3 Å². The molecule has 0 radical (unpaired) electrons. The summed E-state index contributed by atoms with van der Waals surface area (Å²) in [5.41, 5.74) is 2.29. The number of carbonyl (C=O) groups is 1. The van der Waals surface area contributed by atoms with E-state index in [2.05, 4.69) is 20.8 Å². The monoisotopic (exact) mass is 274 g/mol. The van der Waals surface area contributed by atoms with E-state index in [1.807, 2.05) is 20.8 Å². The van der Waals surface area contributed by atoms with E-state index < -0.39 is 0 Å². The van der Waals surface area contributed by atoms with Crippen molar-refractivity contribution >= 4 is 11.7 Å². The fourth-order valence-electron chi connectivity index (χ4n) is 1.87. The van der Waals surface area contributed by atoms with Gasteiger partial charge in [0.1, 0.15) is 11.6 Å². The summed E-state index contributed by atoms with van der Waals surface area (Å²) < 4.78 is 5.06. The number of nitrogens with one attached hydrogen (secondary N) is 2. The van der Waals surface area contributed by atoms with E-state index in [-0.39, 0.29) is 5.91 Å². The molecule has 6 heteroatoms. The van der Waals surface area contributed by atoms with Crippen molar-refractivity contribution < 1.29 is 9.32 Å². The van der Waals surface area contributed by atoms with Crippen molar-refractivity contribution in [2.24, 2.45) is 0 Å². The van der Waals surface area contributed by atoms with Gasteiger partial charge in [0.15, 0.2) is 0 Å². The molecule has 2 aromatic heterocycles. The summed E-state index contributed by atoms with van der Waals surface area (Å²) in [6.45, 7) is 6.83. The summed E-state index contributed by atoms with van der Waals surface area (Å²) in [4.78, 5) is 16.2. The highest BCUT2D eigenvalue weighted by molar-refractivity contribution is 5.94. The lowest BCUT2D eigenvalue weighted by Crippen LogP contribution is -2.23. The highest BCUT2D eigenvalue weighted by Crippen LogP contribution is 2.12. The molecule has 0 saturated carbocycles. The quantitative estimate of drug-likeness (QED) is 0.872. The smallest absolute Gasteiger partial charge is 0.251 e. The van der Waals surface area contributed by atoms with Crippen LogP contribution in [0.25, 0.3) is 0 Å². The van der Waals surface area contributed by atoms with Gasteiger partial charge in [0.05, 0.1) is 5.69 Å². The molecule has 2 aromatic rings. The number of pyridine rings is 1. The maximum atomic E-state index is 12.1. The molecule has 0 aromatic carbocycles. The Morgan fingerprint density at radius 2 is 2.20 bits per heavy atom. The van der Waals surface area contributed by atoms with Gasteiger partial charge < -0.3 is 15.2 Å². The first-order valence-electron chi connectivity index (χ1n) is 6.51. The van der Waals surface area contributed by atoms with Crippen molar-refractivity contribution in [2.45, 2.75) is 27.3 Å². The third-order valence-corrected chi connectivity index (χ3v) is 2.99. The third kappa shape index (κ3) is 3.14. The molecule has 0 unspecified atom stereocenters. The average molecular weight is 274 g/mol. The lowest BCUT2D eigenvalue weighted by Gasteiger charge is -2.07. The van der Waals surface area contributed by atoms with Crippen LogP contribution in [0.15, 0.2) is 22.9 Å². The largest absolute Gasteiger partial charge is 0.370 e. The number of rotatable bonds is 5. The number of anilines is 1. The molecule has 0 aliphatic carbocycles. The summed E-state index contributed by atoms with van der Waals surface area (Å²) in [6.07, 6.45) is 1.61. The zero-order valence-electron chi connectivity index (χ0n) is 11.9. The van der Waals surface area contributed by atoms with E-state index in [0.717, 1.165) is 23.6 Å². The van der Waals surface area contributed by atoms with Gasteiger partial charge in [-0.15, -0.1) is 0 Å². The number of nitrogens with zero attached hydrogens (tertiary/aromatic N) is 2. The predicted molar refractivity (Wildman–Crippen MR) is 75.5 cm³/mol. The van der Waals surface area contributed by atoms with E-state index in [1.54, 1.807) is 18.3 Å². The molecular weight excluding hydrogens is 256 g/mol. The van der Waals surface area contributed by atoms with Crippen LogP contribution in [0, 0.1) is 13.8 Å². The molecule has 0 atom stereocenters. The first-order valence-corrected chi connectivity index (χ1v) is 6.51. The molecular formula is C14H18N4O2. The summed E-state index contributed by atoms with van der Waals surface area (Å²) in [7, 11) is 0. The molecule has 20 heavy (non-hydrogen) atoms. The van der Waals surface area contributed by atoms with Crippen molar-refractivity contribution in [3.8, 4) is 0 Å². The topological polar surface area (TPSA) is 80.0 Å². The van der Waals surface area contributed by atoms with Gasteiger partial charge in [-0.1, -0.05) is 5.16 Å². The van der Waals surface area contributed by atoms with Crippen LogP contribution in [0.3, 0.4) is 0 Å². The molecule has 106 valence electrons. The molecule has 0 bridgehead atoms. The number of aromatic nitrogens is 2. The lowest BCUT2D eigenvalue weighted by atomic mass is 10.2. The average Bonchev–Trinajstić information content (AvgIpc) is 2.76. The number of hydrogen-bond donors (Lipinski definition) is 2. The number of amides is 1. The fraction of sp³-hybridized carbons (Fsp3) is 0.357. The molecule has 2 N–H and O–H groups in total. The van der Waals surface area contributed by atoms with Gasteiger partial charge >= 0.3 is 0 Å². The van der Waals surface area contributed by atoms with Crippen LogP contribution in [0.4, 0.5) is 5.82 Å². The SMILES string of the molecule is CCNc1cc(C(=O)NCc2c(C)noc2C)ccn1. The second-order valence-corrected chi connectivity index (χ2v) is 4.45. The highest BCUT2D eigenvalue weighted by atomic mass is 16.5. The van der Waals surface area contributed by atoms with Gasteiger partial charge in [-0.2, -0.15) is 0 Å². The minimum atomic E-state index is -0.147. The number of aryl methyl sites for hydroxylation is 2. The third-order valence-electron chi connectivity index (χ3n) is 2.99. The van der Waals surface area contributed by atoms with E-state index >= 15 is 0 Å². The Hall–Kier alpha value is -2.37. The first-order chi connectivity index (χ1) is 9.61. The maximum absolute atomic E-state index is 12.1. The van der Waals surface area contributed by atoms with Crippen molar-refractivity contribution in [1.29, 1.82) is 0 Å². The van der Waals surface area contributed by atoms with Gasteiger partial charge in [-0.25, -0.2) is 4.98 Å². The van der Waals surface area contributed by atoms with E-state index in [0.29, 0.717) is 17.9 Å². The highest BCUT2D eigenvalue weighted by Gasteiger charge is 2.11. The van der Waals surface area contributed by atoms with E-state index in [4.69, 9.17) is 4.52 Å². The van der Waals surface area contributed by atoms with E-state index in [9.17, 15) is 4.79 Å². The molecule has 0 aliphatic heterocycles. The van der Waals surface area contributed by atoms with Crippen LogP contribution >= 0.6 is 0 Å². The Morgan fingerprint density at radius 3 is 2.85 bits per heavy atom. The van der Waals surface area contributed by atoms with Crippen molar-refractivity contribution in [3.05, 3.63) is 40.9 Å². The molecule has 2 rings (SSSR count). The van der Waals surface area contributed by atoms with Gasteiger partial charge in [-0.05, 0) is 32.9 Å². The van der Waals surface area contributed by atoms with Gasteiger partial charge in [-0.3, -0.25) is 4.79 Å². The summed E-state index contributed by atoms with van der Waals surface area (Å²) >= 11 is 0. The molecule has 6 nitrogen and oxygen atoms in total.